The third-order valence-corrected chi connectivity index (χ3v) is 5.22. The van der Waals surface area contributed by atoms with E-state index in [2.05, 4.69) is 9.98 Å². The van der Waals surface area contributed by atoms with Crippen LogP contribution in [-0.2, 0) is 4.79 Å². The summed E-state index contributed by atoms with van der Waals surface area (Å²) in [6.07, 6.45) is 2.89. The number of benzene rings is 2. The minimum Gasteiger partial charge on any atom is -0.494 e. The van der Waals surface area contributed by atoms with E-state index in [4.69, 9.17) is 5.73 Å². The molecule has 0 aliphatic carbocycles. The van der Waals surface area contributed by atoms with Crippen molar-refractivity contribution in [2.24, 2.45) is 16.6 Å². The number of anilines is 1. The molecule has 1 amide bonds. The van der Waals surface area contributed by atoms with Crippen molar-refractivity contribution in [1.82, 2.24) is 4.98 Å². The average molecular weight is 398 g/mol. The summed E-state index contributed by atoms with van der Waals surface area (Å²) >= 11 is 0. The van der Waals surface area contributed by atoms with E-state index in [0.29, 0.717) is 47.4 Å². The Morgan fingerprint density at radius 3 is 2.86 bits per heavy atom. The number of aromatic nitrogens is 1. The zero-order valence-corrected chi connectivity index (χ0v) is 15.5. The maximum Gasteiger partial charge on any atom is 0.222 e. The normalized spacial score (nSPS) is 17.3. The number of nitrogens with zero attached hydrogens (tertiary/aromatic N) is 2. The molecule has 1 unspecified atom stereocenters. The van der Waals surface area contributed by atoms with Crippen LogP contribution in [0.1, 0.15) is 18.4 Å². The van der Waals surface area contributed by atoms with Gasteiger partial charge in [0.2, 0.25) is 5.91 Å². The van der Waals surface area contributed by atoms with Gasteiger partial charge < -0.3 is 20.7 Å². The van der Waals surface area contributed by atoms with Gasteiger partial charge in [0.15, 0.2) is 5.88 Å². The van der Waals surface area contributed by atoms with E-state index in [1.807, 2.05) is 4.90 Å². The van der Waals surface area contributed by atoms with Gasteiger partial charge in [-0.25, -0.2) is 8.78 Å². The van der Waals surface area contributed by atoms with Crippen molar-refractivity contribution in [2.45, 2.75) is 12.8 Å². The topological polar surface area (TPSA) is 94.7 Å². The van der Waals surface area contributed by atoms with Gasteiger partial charge in [-0.3, -0.25) is 9.79 Å². The van der Waals surface area contributed by atoms with Crippen LogP contribution in [-0.4, -0.2) is 35.3 Å². The molecule has 1 aliphatic heterocycles. The first-order valence-corrected chi connectivity index (χ1v) is 9.30. The fourth-order valence-corrected chi connectivity index (χ4v) is 3.71. The van der Waals surface area contributed by atoms with Crippen molar-refractivity contribution in [3.63, 3.8) is 0 Å². The van der Waals surface area contributed by atoms with Crippen molar-refractivity contribution in [3.8, 4) is 5.88 Å². The number of piperidine rings is 1. The van der Waals surface area contributed by atoms with Crippen molar-refractivity contribution in [3.05, 3.63) is 53.6 Å². The molecule has 0 spiro atoms. The fraction of sp³-hybridized carbons (Fsp3) is 0.238. The molecule has 2 aromatic carbocycles. The number of aliphatic imine (C=N–C) groups is 1. The predicted molar refractivity (Wildman–Crippen MR) is 108 cm³/mol. The molecule has 0 radical (unpaired) electrons. The number of carbonyl (C=O) groups is 1. The number of carbonyl (C=O) groups excluding carboxylic acids is 1. The molecule has 4 rings (SSSR count). The number of primary amides is 1. The first-order valence-electron chi connectivity index (χ1n) is 9.30. The molecule has 1 aliphatic rings. The van der Waals surface area contributed by atoms with Crippen LogP contribution in [0.4, 0.5) is 20.2 Å². The highest BCUT2D eigenvalue weighted by Crippen LogP contribution is 2.30. The van der Waals surface area contributed by atoms with Gasteiger partial charge in [-0.05, 0) is 43.2 Å². The number of aromatic amines is 1. The van der Waals surface area contributed by atoms with E-state index in [9.17, 15) is 18.7 Å². The lowest BCUT2D eigenvalue weighted by atomic mass is 9.97. The van der Waals surface area contributed by atoms with E-state index in [-0.39, 0.29) is 17.7 Å². The number of fused-ring (bicyclic) bond motifs is 1. The second-order valence-electron chi connectivity index (χ2n) is 7.16. The second-order valence-corrected chi connectivity index (χ2v) is 7.16. The van der Waals surface area contributed by atoms with Crippen molar-refractivity contribution < 1.29 is 18.7 Å². The summed E-state index contributed by atoms with van der Waals surface area (Å²) in [5.74, 6) is -1.66. The monoisotopic (exact) mass is 398 g/mol. The largest absolute Gasteiger partial charge is 0.494 e. The van der Waals surface area contributed by atoms with Crippen molar-refractivity contribution >= 4 is 34.4 Å². The number of amides is 1. The predicted octanol–water partition coefficient (Wildman–Crippen LogP) is 3.60. The lowest BCUT2D eigenvalue weighted by molar-refractivity contribution is -0.122. The average Bonchev–Trinajstić information content (AvgIpc) is 3.00. The Hall–Kier alpha value is -3.42. The van der Waals surface area contributed by atoms with E-state index < -0.39 is 11.6 Å². The molecule has 1 aromatic heterocycles. The van der Waals surface area contributed by atoms with Crippen molar-refractivity contribution in [2.75, 3.05) is 18.0 Å². The molecule has 3 aromatic rings. The van der Waals surface area contributed by atoms with Gasteiger partial charge in [-0.15, -0.1) is 0 Å². The molecule has 0 bridgehead atoms. The highest BCUT2D eigenvalue weighted by Gasteiger charge is 2.25. The Labute approximate surface area is 165 Å². The maximum atomic E-state index is 14.7. The zero-order valence-electron chi connectivity index (χ0n) is 15.5. The molecule has 2 heterocycles. The second kappa shape index (κ2) is 7.54. The maximum absolute atomic E-state index is 14.7. The van der Waals surface area contributed by atoms with Crippen LogP contribution in [0.2, 0.25) is 0 Å². The Kier molecular flexibility index (Phi) is 4.92. The molecule has 0 saturated carbocycles. The third-order valence-electron chi connectivity index (χ3n) is 5.22. The molecular formula is C21H20F2N4O2. The highest BCUT2D eigenvalue weighted by molar-refractivity contribution is 6.02. The lowest BCUT2D eigenvalue weighted by Crippen LogP contribution is -2.41. The van der Waals surface area contributed by atoms with Crippen LogP contribution in [0, 0.1) is 17.6 Å². The Balaban J connectivity index is 1.57. The third kappa shape index (κ3) is 3.78. The summed E-state index contributed by atoms with van der Waals surface area (Å²) in [6, 6.07) is 8.69. The van der Waals surface area contributed by atoms with E-state index in [1.165, 1.54) is 30.5 Å². The van der Waals surface area contributed by atoms with Crippen LogP contribution in [0.5, 0.6) is 5.88 Å². The molecule has 29 heavy (non-hydrogen) atoms. The summed E-state index contributed by atoms with van der Waals surface area (Å²) < 4.78 is 28.0. The Morgan fingerprint density at radius 1 is 1.28 bits per heavy atom. The van der Waals surface area contributed by atoms with Crippen molar-refractivity contribution in [1.29, 1.82) is 0 Å². The standard InChI is InChI=1S/C21H20F2N4O2/c22-13-3-5-15-16(21(29)26-18(15)8-13)10-25-14-4-6-19(17(23)9-14)27-7-1-2-12(11-27)20(24)28/h3-6,8-10,12,26,29H,1-2,7,11H2,(H2,24,28). The summed E-state index contributed by atoms with van der Waals surface area (Å²) in [6.45, 7) is 1.05. The summed E-state index contributed by atoms with van der Waals surface area (Å²) in [5.41, 5.74) is 7.00. The molecule has 1 saturated heterocycles. The van der Waals surface area contributed by atoms with Gasteiger partial charge in [0.1, 0.15) is 11.6 Å². The summed E-state index contributed by atoms with van der Waals surface area (Å²) in [7, 11) is 0. The lowest BCUT2D eigenvalue weighted by Gasteiger charge is -2.33. The van der Waals surface area contributed by atoms with Crippen LogP contribution in [0.3, 0.4) is 0 Å². The van der Waals surface area contributed by atoms with Crippen LogP contribution < -0.4 is 10.6 Å². The molecule has 150 valence electrons. The molecular weight excluding hydrogens is 378 g/mol. The van der Waals surface area contributed by atoms with E-state index >= 15 is 0 Å². The molecule has 1 atom stereocenters. The van der Waals surface area contributed by atoms with Crippen LogP contribution in [0.25, 0.3) is 10.9 Å². The number of aromatic hydroxyl groups is 1. The molecule has 6 nitrogen and oxygen atoms in total. The van der Waals surface area contributed by atoms with Crippen LogP contribution in [0.15, 0.2) is 41.4 Å². The highest BCUT2D eigenvalue weighted by atomic mass is 19.1. The smallest absolute Gasteiger partial charge is 0.222 e. The quantitative estimate of drug-likeness (QED) is 0.586. The van der Waals surface area contributed by atoms with E-state index in [1.54, 1.807) is 12.1 Å². The molecule has 8 heteroatoms. The molecule has 4 N–H and O–H groups in total. The van der Waals surface area contributed by atoms with Gasteiger partial charge in [0.05, 0.1) is 28.4 Å². The van der Waals surface area contributed by atoms with Gasteiger partial charge in [-0.2, -0.15) is 0 Å². The minimum atomic E-state index is -0.449. The SMILES string of the molecule is NC(=O)C1CCCN(c2ccc(N=Cc3c(O)[nH]c4cc(F)ccc34)cc2F)C1. The Morgan fingerprint density at radius 2 is 2.10 bits per heavy atom. The Bertz CT molecular complexity index is 1110. The fourth-order valence-electron chi connectivity index (χ4n) is 3.71. The first kappa shape index (κ1) is 18.9. The first-order chi connectivity index (χ1) is 13.9. The van der Waals surface area contributed by atoms with Gasteiger partial charge in [0, 0.05) is 30.8 Å². The number of nitrogens with one attached hydrogen (secondary N) is 1. The summed E-state index contributed by atoms with van der Waals surface area (Å²) in [4.78, 5) is 20.2. The number of halogens is 2. The number of rotatable bonds is 4. The van der Waals surface area contributed by atoms with Gasteiger partial charge in [0.25, 0.3) is 0 Å². The van der Waals surface area contributed by atoms with Gasteiger partial charge >= 0.3 is 0 Å². The molecule has 1 fully saturated rings. The summed E-state index contributed by atoms with van der Waals surface area (Å²) in [5, 5.41) is 10.7. The number of H-pyrrole nitrogens is 1. The van der Waals surface area contributed by atoms with E-state index in [0.717, 1.165) is 6.42 Å². The zero-order chi connectivity index (χ0) is 20.5. The number of hydrogen-bond acceptors (Lipinski definition) is 4. The minimum absolute atomic E-state index is 0.141. The van der Waals surface area contributed by atoms with Crippen LogP contribution >= 0.6 is 0 Å². The number of nitrogens with two attached hydrogens (primary N) is 1. The number of hydrogen-bond donors (Lipinski definition) is 3. The van der Waals surface area contributed by atoms with Gasteiger partial charge in [-0.1, -0.05) is 0 Å².